The van der Waals surface area contributed by atoms with Crippen LogP contribution in [0.1, 0.15) is 15.9 Å². The molecule has 0 aliphatic carbocycles. The molecule has 0 aliphatic heterocycles. The minimum atomic E-state index is -0.330. The third-order valence-corrected chi connectivity index (χ3v) is 3.19. The molecule has 0 unspecified atom stereocenters. The van der Waals surface area contributed by atoms with E-state index in [-0.39, 0.29) is 17.2 Å². The highest BCUT2D eigenvalue weighted by molar-refractivity contribution is 6.10. The molecule has 0 saturated heterocycles. The van der Waals surface area contributed by atoms with E-state index in [0.717, 1.165) is 0 Å². The van der Waals surface area contributed by atoms with Gasteiger partial charge in [0.15, 0.2) is 5.78 Å². The third kappa shape index (κ3) is 3.38. The quantitative estimate of drug-likeness (QED) is 0.326. The van der Waals surface area contributed by atoms with Crippen molar-refractivity contribution >= 4 is 17.2 Å². The second kappa shape index (κ2) is 7.55. The molecule has 120 valence electrons. The van der Waals surface area contributed by atoms with Crippen LogP contribution in [-0.4, -0.2) is 20.0 Å². The van der Waals surface area contributed by atoms with E-state index in [4.69, 9.17) is 20.5 Å². The Kier molecular flexibility index (Phi) is 5.25. The van der Waals surface area contributed by atoms with Crippen molar-refractivity contribution < 1.29 is 14.3 Å². The van der Waals surface area contributed by atoms with E-state index in [2.05, 4.69) is 20.1 Å². The van der Waals surface area contributed by atoms with E-state index in [0.29, 0.717) is 22.6 Å². The van der Waals surface area contributed by atoms with Crippen molar-refractivity contribution in [3.63, 3.8) is 0 Å². The van der Waals surface area contributed by atoms with Crippen LogP contribution in [0.5, 0.6) is 11.5 Å². The number of methoxy groups -OCH3 is 2. The lowest BCUT2D eigenvalue weighted by molar-refractivity contribution is 0.103. The van der Waals surface area contributed by atoms with Crippen LogP contribution in [0.15, 0.2) is 46.6 Å². The molecule has 2 aromatic carbocycles. The van der Waals surface area contributed by atoms with Gasteiger partial charge in [-0.15, -0.1) is 0 Å². The summed E-state index contributed by atoms with van der Waals surface area (Å²) in [6, 6.07) is 9.03. The summed E-state index contributed by atoms with van der Waals surface area (Å²) in [5.41, 5.74) is 18.2. The molecule has 2 rings (SSSR count). The SMILES string of the molecule is COc1ccc(C(=O)c2ccc(OC)c(N=[N+]=[N-])c2)cc1N=[N+]=[N-]. The lowest BCUT2D eigenvalue weighted by atomic mass is 10.0. The number of hydrogen-bond donors (Lipinski definition) is 0. The summed E-state index contributed by atoms with van der Waals surface area (Å²) in [6.45, 7) is 0. The number of hydrogen-bond acceptors (Lipinski definition) is 5. The third-order valence-electron chi connectivity index (χ3n) is 3.19. The van der Waals surface area contributed by atoms with Crippen LogP contribution >= 0.6 is 0 Å². The largest absolute Gasteiger partial charge is 0.496 e. The molecule has 0 atom stereocenters. The first-order chi connectivity index (χ1) is 11.6. The zero-order valence-corrected chi connectivity index (χ0v) is 12.9. The highest BCUT2D eigenvalue weighted by Gasteiger charge is 2.14. The maximum atomic E-state index is 12.6. The van der Waals surface area contributed by atoms with Crippen LogP contribution in [0.3, 0.4) is 0 Å². The van der Waals surface area contributed by atoms with E-state index in [1.54, 1.807) is 12.1 Å². The van der Waals surface area contributed by atoms with E-state index in [1.807, 2.05) is 0 Å². The Bertz CT molecular complexity index is 811. The van der Waals surface area contributed by atoms with Crippen LogP contribution in [0, 0.1) is 0 Å². The fraction of sp³-hybridized carbons (Fsp3) is 0.133. The molecule has 24 heavy (non-hydrogen) atoms. The van der Waals surface area contributed by atoms with Gasteiger partial charge < -0.3 is 9.47 Å². The van der Waals surface area contributed by atoms with Gasteiger partial charge in [0.1, 0.15) is 11.5 Å². The molecule has 9 heteroatoms. The highest BCUT2D eigenvalue weighted by Crippen LogP contribution is 2.32. The monoisotopic (exact) mass is 324 g/mol. The van der Waals surface area contributed by atoms with Crippen molar-refractivity contribution in [2.24, 2.45) is 10.2 Å². The van der Waals surface area contributed by atoms with Gasteiger partial charge in [0.2, 0.25) is 0 Å². The molecule has 0 amide bonds. The van der Waals surface area contributed by atoms with Crippen LogP contribution in [-0.2, 0) is 0 Å². The number of carbonyl (C=O) groups is 1. The van der Waals surface area contributed by atoms with Crippen molar-refractivity contribution in [2.75, 3.05) is 14.2 Å². The van der Waals surface area contributed by atoms with Crippen LogP contribution in [0.2, 0.25) is 0 Å². The maximum Gasteiger partial charge on any atom is 0.193 e. The summed E-state index contributed by atoms with van der Waals surface area (Å²) >= 11 is 0. The predicted molar refractivity (Wildman–Crippen MR) is 87.0 cm³/mol. The standard InChI is InChI=1S/C15H12N6O3/c1-23-13-5-3-9(7-11(13)18-20-16)15(22)10-4-6-14(24-2)12(8-10)19-21-17/h3-8H,1-2H3. The fourth-order valence-electron chi connectivity index (χ4n) is 2.08. The average Bonchev–Trinajstić information content (AvgIpc) is 2.61. The topological polar surface area (TPSA) is 133 Å². The van der Waals surface area contributed by atoms with Crippen molar-refractivity contribution in [1.82, 2.24) is 0 Å². The van der Waals surface area contributed by atoms with E-state index in [1.165, 1.54) is 38.5 Å². The molecule has 0 heterocycles. The van der Waals surface area contributed by atoms with E-state index >= 15 is 0 Å². The van der Waals surface area contributed by atoms with Crippen LogP contribution in [0.4, 0.5) is 11.4 Å². The maximum absolute atomic E-state index is 12.6. The molecule has 0 spiro atoms. The van der Waals surface area contributed by atoms with Crippen molar-refractivity contribution in [2.45, 2.75) is 0 Å². The number of azide groups is 2. The van der Waals surface area contributed by atoms with E-state index < -0.39 is 0 Å². The van der Waals surface area contributed by atoms with Crippen molar-refractivity contribution in [3.05, 3.63) is 68.4 Å². The molecule has 0 saturated carbocycles. The Hall–Kier alpha value is -3.67. The Morgan fingerprint density at radius 1 is 0.875 bits per heavy atom. The number of ketones is 1. The average molecular weight is 324 g/mol. The summed E-state index contributed by atoms with van der Waals surface area (Å²) in [7, 11) is 2.87. The van der Waals surface area contributed by atoms with Gasteiger partial charge in [-0.3, -0.25) is 4.79 Å². The molecule has 2 aromatic rings. The summed E-state index contributed by atoms with van der Waals surface area (Å²) < 4.78 is 10.1. The molecular formula is C15H12N6O3. The minimum absolute atomic E-state index is 0.203. The minimum Gasteiger partial charge on any atom is -0.496 e. The van der Waals surface area contributed by atoms with Gasteiger partial charge in [-0.25, -0.2) is 0 Å². The van der Waals surface area contributed by atoms with Gasteiger partial charge in [-0.05, 0) is 47.5 Å². The molecule has 0 radical (unpaired) electrons. The normalized spacial score (nSPS) is 9.42. The fourth-order valence-corrected chi connectivity index (χ4v) is 2.08. The molecule has 0 bridgehead atoms. The van der Waals surface area contributed by atoms with Gasteiger partial charge >= 0.3 is 0 Å². The number of nitrogens with zero attached hydrogens (tertiary/aromatic N) is 6. The van der Waals surface area contributed by atoms with Crippen LogP contribution < -0.4 is 9.47 Å². The number of benzene rings is 2. The van der Waals surface area contributed by atoms with Gasteiger partial charge in [0.25, 0.3) is 0 Å². The van der Waals surface area contributed by atoms with Gasteiger partial charge in [0, 0.05) is 21.0 Å². The van der Waals surface area contributed by atoms with Crippen LogP contribution in [0.25, 0.3) is 20.9 Å². The Balaban J connectivity index is 2.49. The van der Waals surface area contributed by atoms with Gasteiger partial charge in [-0.1, -0.05) is 10.2 Å². The summed E-state index contributed by atoms with van der Waals surface area (Å²) in [5.74, 6) is 0.381. The number of carbonyl (C=O) groups excluding carboxylic acids is 1. The number of ether oxygens (including phenoxy) is 2. The molecule has 0 N–H and O–H groups in total. The van der Waals surface area contributed by atoms with E-state index in [9.17, 15) is 4.79 Å². The molecular weight excluding hydrogens is 312 g/mol. The summed E-state index contributed by atoms with van der Waals surface area (Å²) in [6.07, 6.45) is 0. The lowest BCUT2D eigenvalue weighted by Crippen LogP contribution is -2.01. The summed E-state index contributed by atoms with van der Waals surface area (Å²) in [4.78, 5) is 18.0. The van der Waals surface area contributed by atoms with Crippen molar-refractivity contribution in [1.29, 1.82) is 0 Å². The number of rotatable bonds is 6. The Morgan fingerprint density at radius 3 is 1.62 bits per heavy atom. The molecule has 9 nitrogen and oxygen atoms in total. The molecule has 0 aromatic heterocycles. The highest BCUT2D eigenvalue weighted by atomic mass is 16.5. The molecule has 0 fully saturated rings. The first kappa shape index (κ1) is 16.7. The predicted octanol–water partition coefficient (Wildman–Crippen LogP) is 4.82. The van der Waals surface area contributed by atoms with Gasteiger partial charge in [0.05, 0.1) is 25.6 Å². The second-order valence-electron chi connectivity index (χ2n) is 4.48. The Labute approximate surface area is 136 Å². The van der Waals surface area contributed by atoms with Gasteiger partial charge in [-0.2, -0.15) is 0 Å². The van der Waals surface area contributed by atoms with Crippen molar-refractivity contribution in [3.8, 4) is 11.5 Å². The summed E-state index contributed by atoms with van der Waals surface area (Å²) in [5, 5.41) is 7.01. The second-order valence-corrected chi connectivity index (χ2v) is 4.48. The zero-order valence-electron chi connectivity index (χ0n) is 12.9. The Morgan fingerprint density at radius 2 is 1.29 bits per heavy atom. The first-order valence-electron chi connectivity index (χ1n) is 6.65. The zero-order chi connectivity index (χ0) is 17.5. The molecule has 0 aliphatic rings. The smallest absolute Gasteiger partial charge is 0.193 e. The first-order valence-corrected chi connectivity index (χ1v) is 6.65. The lowest BCUT2D eigenvalue weighted by Gasteiger charge is -2.08.